The third kappa shape index (κ3) is 3.08. The minimum Gasteiger partial charge on any atom is -0.465 e. The van der Waals surface area contributed by atoms with Gasteiger partial charge >= 0.3 is 5.97 Å². The van der Waals surface area contributed by atoms with Crippen molar-refractivity contribution < 1.29 is 9.53 Å². The van der Waals surface area contributed by atoms with Gasteiger partial charge in [-0.1, -0.05) is 12.8 Å². The first-order valence-corrected chi connectivity index (χ1v) is 7.54. The van der Waals surface area contributed by atoms with Gasteiger partial charge in [-0.2, -0.15) is 0 Å². The van der Waals surface area contributed by atoms with Crippen molar-refractivity contribution in [3.8, 4) is 0 Å². The largest absolute Gasteiger partial charge is 0.465 e. The SMILES string of the molecule is COC(=O)c1ccc2ncc(CN3CCCCCC3)n2c1. The highest BCUT2D eigenvalue weighted by Gasteiger charge is 2.13. The van der Waals surface area contributed by atoms with Crippen LogP contribution in [0.1, 0.15) is 41.7 Å². The Kier molecular flexibility index (Phi) is 4.20. The molecule has 0 aliphatic carbocycles. The lowest BCUT2D eigenvalue weighted by Gasteiger charge is -2.19. The number of carbonyl (C=O) groups excluding carboxylic acids is 1. The molecule has 0 spiro atoms. The summed E-state index contributed by atoms with van der Waals surface area (Å²) < 4.78 is 6.78. The molecule has 0 atom stereocenters. The zero-order valence-corrected chi connectivity index (χ0v) is 12.4. The topological polar surface area (TPSA) is 46.8 Å². The predicted molar refractivity (Wildman–Crippen MR) is 80.3 cm³/mol. The third-order valence-electron chi connectivity index (χ3n) is 4.09. The maximum Gasteiger partial charge on any atom is 0.339 e. The number of esters is 1. The monoisotopic (exact) mass is 287 g/mol. The van der Waals surface area contributed by atoms with Crippen molar-refractivity contribution in [2.24, 2.45) is 0 Å². The van der Waals surface area contributed by atoms with Gasteiger partial charge in [-0.3, -0.25) is 4.90 Å². The average Bonchev–Trinajstić information content (AvgIpc) is 2.73. The normalized spacial score (nSPS) is 16.8. The molecule has 1 aliphatic heterocycles. The molecule has 0 N–H and O–H groups in total. The summed E-state index contributed by atoms with van der Waals surface area (Å²) in [6.45, 7) is 3.17. The van der Waals surface area contributed by atoms with Crippen LogP contribution in [0.3, 0.4) is 0 Å². The van der Waals surface area contributed by atoms with E-state index in [2.05, 4.69) is 9.88 Å². The summed E-state index contributed by atoms with van der Waals surface area (Å²) in [6, 6.07) is 3.61. The van der Waals surface area contributed by atoms with Gasteiger partial charge in [0.15, 0.2) is 0 Å². The summed E-state index contributed by atoms with van der Waals surface area (Å²) in [5, 5.41) is 0. The van der Waals surface area contributed by atoms with Crippen molar-refractivity contribution in [1.29, 1.82) is 0 Å². The van der Waals surface area contributed by atoms with Crippen LogP contribution in [-0.4, -0.2) is 40.5 Å². The molecule has 1 saturated heterocycles. The molecule has 112 valence electrons. The van der Waals surface area contributed by atoms with Crippen molar-refractivity contribution in [2.45, 2.75) is 32.2 Å². The summed E-state index contributed by atoms with van der Waals surface area (Å²) in [6.07, 6.45) is 8.92. The van der Waals surface area contributed by atoms with Crippen molar-refractivity contribution in [3.05, 3.63) is 35.8 Å². The van der Waals surface area contributed by atoms with E-state index in [9.17, 15) is 4.79 Å². The van der Waals surface area contributed by atoms with Crippen molar-refractivity contribution in [1.82, 2.24) is 14.3 Å². The molecule has 3 rings (SSSR count). The second-order valence-corrected chi connectivity index (χ2v) is 5.58. The molecule has 0 bridgehead atoms. The van der Waals surface area contributed by atoms with E-state index < -0.39 is 0 Å². The van der Waals surface area contributed by atoms with Crippen molar-refractivity contribution in [2.75, 3.05) is 20.2 Å². The van der Waals surface area contributed by atoms with Gasteiger partial charge in [-0.25, -0.2) is 9.78 Å². The summed E-state index contributed by atoms with van der Waals surface area (Å²) in [5.74, 6) is -0.314. The molecule has 0 aromatic carbocycles. The number of hydrogen-bond donors (Lipinski definition) is 0. The number of likely N-dealkylation sites (tertiary alicyclic amines) is 1. The van der Waals surface area contributed by atoms with Crippen LogP contribution >= 0.6 is 0 Å². The Morgan fingerprint density at radius 1 is 1.24 bits per heavy atom. The van der Waals surface area contributed by atoms with E-state index >= 15 is 0 Å². The number of hydrogen-bond acceptors (Lipinski definition) is 4. The summed E-state index contributed by atoms with van der Waals surface area (Å²) >= 11 is 0. The Hall–Kier alpha value is -1.88. The molecule has 3 heterocycles. The van der Waals surface area contributed by atoms with E-state index in [1.54, 1.807) is 6.07 Å². The Balaban J connectivity index is 1.85. The van der Waals surface area contributed by atoms with E-state index in [-0.39, 0.29) is 5.97 Å². The standard InChI is InChI=1S/C16H21N3O2/c1-21-16(20)13-6-7-15-17-10-14(19(15)11-13)12-18-8-4-2-3-5-9-18/h6-7,10-11H,2-5,8-9,12H2,1H3. The number of pyridine rings is 1. The van der Waals surface area contributed by atoms with Crippen LogP contribution in [0.15, 0.2) is 24.5 Å². The summed E-state index contributed by atoms with van der Waals surface area (Å²) in [5.41, 5.74) is 2.55. The first kappa shape index (κ1) is 14.1. The van der Waals surface area contributed by atoms with Gasteiger partial charge in [0.2, 0.25) is 0 Å². The van der Waals surface area contributed by atoms with Crippen LogP contribution < -0.4 is 0 Å². The highest BCUT2D eigenvalue weighted by atomic mass is 16.5. The van der Waals surface area contributed by atoms with Crippen LogP contribution in [0.4, 0.5) is 0 Å². The molecule has 1 fully saturated rings. The first-order chi connectivity index (χ1) is 10.3. The van der Waals surface area contributed by atoms with Crippen LogP contribution in [-0.2, 0) is 11.3 Å². The molecule has 21 heavy (non-hydrogen) atoms. The minimum absolute atomic E-state index is 0.314. The Labute approximate surface area is 124 Å². The lowest BCUT2D eigenvalue weighted by molar-refractivity contribution is 0.0600. The summed E-state index contributed by atoms with van der Waals surface area (Å²) in [4.78, 5) is 18.6. The number of methoxy groups -OCH3 is 1. The number of fused-ring (bicyclic) bond motifs is 1. The fraction of sp³-hybridized carbons (Fsp3) is 0.500. The molecule has 0 saturated carbocycles. The Morgan fingerprint density at radius 3 is 2.71 bits per heavy atom. The molecule has 2 aromatic heterocycles. The minimum atomic E-state index is -0.314. The second-order valence-electron chi connectivity index (χ2n) is 5.58. The fourth-order valence-electron chi connectivity index (χ4n) is 2.91. The van der Waals surface area contributed by atoms with Crippen molar-refractivity contribution >= 4 is 11.6 Å². The molecule has 0 unspecified atom stereocenters. The predicted octanol–water partition coefficient (Wildman–Crippen LogP) is 2.50. The number of ether oxygens (including phenoxy) is 1. The van der Waals surface area contributed by atoms with E-state index in [1.165, 1.54) is 32.8 Å². The van der Waals surface area contributed by atoms with Gasteiger partial charge in [0.25, 0.3) is 0 Å². The van der Waals surface area contributed by atoms with Crippen molar-refractivity contribution in [3.63, 3.8) is 0 Å². The molecular formula is C16H21N3O2. The number of rotatable bonds is 3. The zero-order valence-electron chi connectivity index (χ0n) is 12.4. The van der Waals surface area contributed by atoms with Gasteiger partial charge < -0.3 is 9.14 Å². The number of imidazole rings is 1. The third-order valence-corrected chi connectivity index (χ3v) is 4.09. The van der Waals surface area contributed by atoms with Crippen LogP contribution in [0.5, 0.6) is 0 Å². The van der Waals surface area contributed by atoms with Gasteiger partial charge in [0, 0.05) is 12.7 Å². The Morgan fingerprint density at radius 2 is 2.00 bits per heavy atom. The number of nitrogens with zero attached hydrogens (tertiary/aromatic N) is 3. The second kappa shape index (κ2) is 6.26. The molecule has 2 aromatic rings. The Bertz CT molecular complexity index is 627. The van der Waals surface area contributed by atoms with E-state index in [0.29, 0.717) is 5.56 Å². The van der Waals surface area contributed by atoms with Crippen LogP contribution in [0, 0.1) is 0 Å². The molecular weight excluding hydrogens is 266 g/mol. The van der Waals surface area contributed by atoms with Gasteiger partial charge in [0.05, 0.1) is 24.6 Å². The van der Waals surface area contributed by atoms with E-state index in [0.717, 1.165) is 31.0 Å². The van der Waals surface area contributed by atoms with Crippen LogP contribution in [0.2, 0.25) is 0 Å². The zero-order chi connectivity index (χ0) is 14.7. The molecule has 5 heteroatoms. The summed E-state index contributed by atoms with van der Waals surface area (Å²) in [7, 11) is 1.40. The van der Waals surface area contributed by atoms with Gasteiger partial charge in [-0.05, 0) is 38.1 Å². The maximum absolute atomic E-state index is 11.7. The molecule has 0 amide bonds. The molecule has 1 aliphatic rings. The lowest BCUT2D eigenvalue weighted by atomic mass is 10.2. The average molecular weight is 287 g/mol. The van der Waals surface area contributed by atoms with E-state index in [1.807, 2.05) is 22.9 Å². The first-order valence-electron chi connectivity index (χ1n) is 7.54. The molecule has 5 nitrogen and oxygen atoms in total. The highest BCUT2D eigenvalue weighted by molar-refractivity contribution is 5.89. The van der Waals surface area contributed by atoms with Gasteiger partial charge in [0.1, 0.15) is 5.65 Å². The highest BCUT2D eigenvalue weighted by Crippen LogP contribution is 2.15. The lowest BCUT2D eigenvalue weighted by Crippen LogP contribution is -2.24. The fourth-order valence-corrected chi connectivity index (χ4v) is 2.91. The van der Waals surface area contributed by atoms with Gasteiger partial charge in [-0.15, -0.1) is 0 Å². The number of carbonyl (C=O) groups is 1. The molecule has 0 radical (unpaired) electrons. The maximum atomic E-state index is 11.7. The van der Waals surface area contributed by atoms with E-state index in [4.69, 9.17) is 4.74 Å². The smallest absolute Gasteiger partial charge is 0.339 e. The van der Waals surface area contributed by atoms with Crippen LogP contribution in [0.25, 0.3) is 5.65 Å². The number of aromatic nitrogens is 2. The quantitative estimate of drug-likeness (QED) is 0.814.